The molecule has 72 valence electrons. The molecule has 5 nitrogen and oxygen atoms in total. The van der Waals surface area contributed by atoms with Crippen molar-refractivity contribution >= 4 is 24.3 Å². The van der Waals surface area contributed by atoms with E-state index in [2.05, 4.69) is 4.42 Å². The van der Waals surface area contributed by atoms with Crippen molar-refractivity contribution in [3.05, 3.63) is 24.2 Å². The molecule has 0 atom stereocenters. The maximum Gasteiger partial charge on any atom is 0.237 e. The Bertz CT molecular complexity index is 510. The van der Waals surface area contributed by atoms with Crippen molar-refractivity contribution in [2.24, 2.45) is 0 Å². The van der Waals surface area contributed by atoms with Gasteiger partial charge in [-0.15, -0.1) is 0 Å². The number of hydrogen-bond acceptors (Lipinski definition) is 5. The second-order valence-electron chi connectivity index (χ2n) is 2.27. The molecule has 0 aliphatic heterocycles. The van der Waals surface area contributed by atoms with Crippen LogP contribution in [0, 0.1) is 0 Å². The van der Waals surface area contributed by atoms with Crippen LogP contribution in [0.15, 0.2) is 22.8 Å². The summed E-state index contributed by atoms with van der Waals surface area (Å²) in [5.41, 5.74) is 0. The van der Waals surface area contributed by atoms with Crippen molar-refractivity contribution in [1.29, 1.82) is 0 Å². The Morgan fingerprint density at radius 1 is 1.46 bits per heavy atom. The van der Waals surface area contributed by atoms with Gasteiger partial charge in [0.15, 0.2) is 15.6 Å². The molecular weight excluding hydrogens is 216 g/mol. The third kappa shape index (κ3) is 2.19. The lowest BCUT2D eigenvalue weighted by Crippen LogP contribution is -2.14. The van der Waals surface area contributed by atoms with Gasteiger partial charge < -0.3 is 4.42 Å². The van der Waals surface area contributed by atoms with Gasteiger partial charge in [-0.3, -0.25) is 0 Å². The smallest absolute Gasteiger partial charge is 0.237 e. The van der Waals surface area contributed by atoms with E-state index < -0.39 is 24.3 Å². The molecule has 7 heteroatoms. The van der Waals surface area contributed by atoms with Gasteiger partial charge in [0.2, 0.25) is 14.5 Å². The molecule has 0 saturated carbocycles. The Morgan fingerprint density at radius 2 is 2.08 bits per heavy atom. The summed E-state index contributed by atoms with van der Waals surface area (Å²) in [6.07, 6.45) is 2.01. The second-order valence-corrected chi connectivity index (χ2v) is 5.36. The van der Waals surface area contributed by atoms with Gasteiger partial charge in [-0.25, -0.2) is 8.42 Å². The van der Waals surface area contributed by atoms with Gasteiger partial charge in [0.05, 0.1) is 6.26 Å². The van der Waals surface area contributed by atoms with Crippen LogP contribution in [0.1, 0.15) is 5.76 Å². The average molecular weight is 222 g/mol. The minimum atomic E-state index is -3.78. The van der Waals surface area contributed by atoms with Crippen molar-refractivity contribution in [3.63, 3.8) is 0 Å². The van der Waals surface area contributed by atoms with E-state index in [0.29, 0.717) is 0 Å². The molecule has 0 spiro atoms. The van der Waals surface area contributed by atoms with E-state index in [1.807, 2.05) is 0 Å². The number of hydrogen-bond donors (Lipinski definition) is 0. The lowest BCUT2D eigenvalue weighted by molar-refractivity contribution is 0.558. The first-order valence-electron chi connectivity index (χ1n) is 3.13. The largest absolute Gasteiger partial charge is 0.463 e. The monoisotopic (exact) mass is 222 g/mol. The molecule has 1 heterocycles. The molecular formula is C6H6O5S2. The highest BCUT2D eigenvalue weighted by molar-refractivity contribution is 8.15. The summed E-state index contributed by atoms with van der Waals surface area (Å²) in [7, 11) is -6.59. The van der Waals surface area contributed by atoms with Crippen molar-refractivity contribution in [3.8, 4) is 0 Å². The average Bonchev–Trinajstić information content (AvgIpc) is 2.34. The summed E-state index contributed by atoms with van der Waals surface area (Å²) in [4.78, 5) is 0. The minimum Gasteiger partial charge on any atom is -0.463 e. The summed E-state index contributed by atoms with van der Waals surface area (Å²) in [6.45, 7) is 0. The molecule has 0 aliphatic rings. The molecule has 0 unspecified atom stereocenters. The van der Waals surface area contributed by atoms with E-state index in [4.69, 9.17) is 0 Å². The van der Waals surface area contributed by atoms with E-state index in [-0.39, 0.29) is 5.76 Å². The Hall–Kier alpha value is -1.08. The standard InChI is InChI=1S/C6H6O5S2/c1-13(9,10)6(12(7)8)5-3-2-4-11-5/h2-4H,1H3. The van der Waals surface area contributed by atoms with Crippen molar-refractivity contribution in [1.82, 2.24) is 0 Å². The fourth-order valence-electron chi connectivity index (χ4n) is 0.783. The number of sulfone groups is 1. The molecule has 0 saturated heterocycles. The highest BCUT2D eigenvalue weighted by Gasteiger charge is 2.20. The van der Waals surface area contributed by atoms with Gasteiger partial charge in [0.25, 0.3) is 0 Å². The van der Waals surface area contributed by atoms with Crippen LogP contribution in [-0.4, -0.2) is 27.3 Å². The summed E-state index contributed by atoms with van der Waals surface area (Å²) in [5.74, 6) is -0.171. The topological polar surface area (TPSA) is 81.4 Å². The van der Waals surface area contributed by atoms with Gasteiger partial charge in [-0.2, -0.15) is 8.42 Å². The number of furan rings is 1. The highest BCUT2D eigenvalue weighted by Crippen LogP contribution is 2.05. The summed E-state index contributed by atoms with van der Waals surface area (Å²) < 4.78 is 47.0. The fraction of sp³-hybridized carbons (Fsp3) is 0.167. The zero-order valence-electron chi connectivity index (χ0n) is 6.59. The zero-order valence-corrected chi connectivity index (χ0v) is 8.22. The predicted octanol–water partition coefficient (Wildman–Crippen LogP) is -0.319. The molecule has 1 aromatic rings. The van der Waals surface area contributed by atoms with Crippen molar-refractivity contribution < 1.29 is 21.3 Å². The molecule has 0 aliphatic carbocycles. The molecule has 0 radical (unpaired) electrons. The predicted molar refractivity (Wildman–Crippen MR) is 46.6 cm³/mol. The molecule has 13 heavy (non-hydrogen) atoms. The van der Waals surface area contributed by atoms with Crippen molar-refractivity contribution in [2.75, 3.05) is 6.26 Å². The Labute approximate surface area is 76.4 Å². The van der Waals surface area contributed by atoms with Gasteiger partial charge in [0.1, 0.15) is 0 Å². The van der Waals surface area contributed by atoms with E-state index in [1.165, 1.54) is 18.4 Å². The SMILES string of the molecule is CS(=O)(=O)C(c1ccco1)=S(=O)=O. The maximum absolute atomic E-state index is 11.0. The van der Waals surface area contributed by atoms with Crippen LogP contribution in [0.2, 0.25) is 0 Å². The molecule has 1 aromatic heterocycles. The summed E-state index contributed by atoms with van der Waals surface area (Å²) in [5, 5.41) is 0. The highest BCUT2D eigenvalue weighted by atomic mass is 32.2. The van der Waals surface area contributed by atoms with Gasteiger partial charge in [-0.05, 0) is 12.1 Å². The van der Waals surface area contributed by atoms with Crippen LogP contribution in [0.3, 0.4) is 0 Å². The fourth-order valence-corrected chi connectivity index (χ4v) is 2.53. The Balaban J connectivity index is 3.55. The van der Waals surface area contributed by atoms with Crippen LogP contribution < -0.4 is 0 Å². The van der Waals surface area contributed by atoms with E-state index >= 15 is 0 Å². The van der Waals surface area contributed by atoms with Gasteiger partial charge in [0, 0.05) is 6.26 Å². The molecule has 0 amide bonds. The molecule has 0 bridgehead atoms. The molecule has 0 aromatic carbocycles. The first kappa shape index (κ1) is 10.0. The summed E-state index contributed by atoms with van der Waals surface area (Å²) in [6, 6.07) is 2.68. The maximum atomic E-state index is 11.0. The lowest BCUT2D eigenvalue weighted by atomic mass is 10.5. The summed E-state index contributed by atoms with van der Waals surface area (Å²) >= 11 is 0. The van der Waals surface area contributed by atoms with E-state index in [9.17, 15) is 16.8 Å². The number of rotatable bonds is 1. The Kier molecular flexibility index (Phi) is 2.58. The van der Waals surface area contributed by atoms with E-state index in [1.54, 1.807) is 0 Å². The van der Waals surface area contributed by atoms with E-state index in [0.717, 1.165) is 6.26 Å². The zero-order chi connectivity index (χ0) is 10.1. The van der Waals surface area contributed by atoms with Crippen LogP contribution in [0.25, 0.3) is 0 Å². The molecule has 1 rings (SSSR count). The third-order valence-corrected chi connectivity index (χ3v) is 3.91. The first-order valence-corrected chi connectivity index (χ1v) is 6.09. The van der Waals surface area contributed by atoms with Crippen LogP contribution >= 0.6 is 0 Å². The quantitative estimate of drug-likeness (QED) is 0.608. The van der Waals surface area contributed by atoms with Crippen LogP contribution in [0.5, 0.6) is 0 Å². The minimum absolute atomic E-state index is 0.171. The van der Waals surface area contributed by atoms with Gasteiger partial charge in [-0.1, -0.05) is 0 Å². The van der Waals surface area contributed by atoms with Crippen molar-refractivity contribution in [2.45, 2.75) is 0 Å². The van der Waals surface area contributed by atoms with Gasteiger partial charge >= 0.3 is 0 Å². The Morgan fingerprint density at radius 3 is 2.38 bits per heavy atom. The lowest BCUT2D eigenvalue weighted by Gasteiger charge is -1.93. The second kappa shape index (κ2) is 3.35. The molecule has 0 fully saturated rings. The van der Waals surface area contributed by atoms with Crippen LogP contribution in [0.4, 0.5) is 0 Å². The third-order valence-electron chi connectivity index (χ3n) is 1.21. The molecule has 0 N–H and O–H groups in total. The van der Waals surface area contributed by atoms with Crippen LogP contribution in [-0.2, 0) is 20.1 Å². The normalized spacial score (nSPS) is 11.2. The first-order chi connectivity index (χ1) is 5.93.